The zero-order chi connectivity index (χ0) is 16.1. The second kappa shape index (κ2) is 6.82. The van der Waals surface area contributed by atoms with Crippen LogP contribution < -0.4 is 4.74 Å². The number of rotatable bonds is 6. The largest absolute Gasteiger partial charge is 0.497 e. The molecule has 1 atom stereocenters. The summed E-state index contributed by atoms with van der Waals surface area (Å²) in [5.74, 6) is 0.323. The monoisotopic (exact) mass is 301 g/mol. The van der Waals surface area contributed by atoms with Gasteiger partial charge in [-0.1, -0.05) is 12.1 Å². The minimum absolute atomic E-state index is 0.134. The zero-order valence-electron chi connectivity index (χ0n) is 11.9. The number of Topliss-reactive ketones (excluding diaryl/α,β-unsaturated/α-hetero) is 1. The molecule has 2 rings (SSSR count). The maximum Gasteiger partial charge on any atom is 0.275 e. The Kier molecular flexibility index (Phi) is 4.85. The second-order valence-corrected chi connectivity index (χ2v) is 4.69. The number of benzene rings is 2. The van der Waals surface area contributed by atoms with Gasteiger partial charge < -0.3 is 9.84 Å². The molecule has 2 aromatic carbocycles. The SMILES string of the molecule is COc1ccc(C(=O)C[C@@H](O)c2ccccc2[N+](=O)[O-])cc1. The first-order valence-electron chi connectivity index (χ1n) is 6.61. The lowest BCUT2D eigenvalue weighted by Gasteiger charge is -2.11. The lowest BCUT2D eigenvalue weighted by atomic mass is 9.99. The molecule has 0 spiro atoms. The van der Waals surface area contributed by atoms with Gasteiger partial charge in [0.2, 0.25) is 0 Å². The number of ether oxygens (including phenoxy) is 1. The van der Waals surface area contributed by atoms with Crippen molar-refractivity contribution in [2.75, 3.05) is 7.11 Å². The minimum Gasteiger partial charge on any atom is -0.497 e. The van der Waals surface area contributed by atoms with Gasteiger partial charge >= 0.3 is 0 Å². The predicted molar refractivity (Wildman–Crippen MR) is 80.0 cm³/mol. The molecule has 1 N–H and O–H groups in total. The third-order valence-corrected chi connectivity index (χ3v) is 3.28. The first kappa shape index (κ1) is 15.7. The maximum atomic E-state index is 12.1. The van der Waals surface area contributed by atoms with Crippen molar-refractivity contribution in [3.63, 3.8) is 0 Å². The highest BCUT2D eigenvalue weighted by Crippen LogP contribution is 2.28. The quantitative estimate of drug-likeness (QED) is 0.503. The van der Waals surface area contributed by atoms with Crippen LogP contribution in [0, 0.1) is 10.1 Å². The summed E-state index contributed by atoms with van der Waals surface area (Å²) in [4.78, 5) is 22.5. The van der Waals surface area contributed by atoms with E-state index in [0.29, 0.717) is 11.3 Å². The van der Waals surface area contributed by atoms with Crippen LogP contribution in [0.3, 0.4) is 0 Å². The van der Waals surface area contributed by atoms with Gasteiger partial charge in [0.1, 0.15) is 5.75 Å². The van der Waals surface area contributed by atoms with Gasteiger partial charge in [0.05, 0.1) is 23.7 Å². The minimum atomic E-state index is -1.23. The van der Waals surface area contributed by atoms with Gasteiger partial charge in [-0.3, -0.25) is 14.9 Å². The molecule has 0 saturated heterocycles. The average Bonchev–Trinajstić information content (AvgIpc) is 2.54. The number of carbonyl (C=O) groups excluding carboxylic acids is 1. The van der Waals surface area contributed by atoms with E-state index in [2.05, 4.69) is 0 Å². The summed E-state index contributed by atoms with van der Waals surface area (Å²) in [6.07, 6.45) is -1.45. The van der Waals surface area contributed by atoms with Gasteiger partial charge in [0.25, 0.3) is 5.69 Å². The average molecular weight is 301 g/mol. The van der Waals surface area contributed by atoms with Crippen molar-refractivity contribution < 1.29 is 19.6 Å². The Morgan fingerprint density at radius 2 is 1.86 bits per heavy atom. The Morgan fingerprint density at radius 1 is 1.23 bits per heavy atom. The van der Waals surface area contributed by atoms with Crippen LogP contribution in [0.5, 0.6) is 5.75 Å². The van der Waals surface area contributed by atoms with Gasteiger partial charge in [-0.25, -0.2) is 0 Å². The van der Waals surface area contributed by atoms with Gasteiger partial charge in [-0.15, -0.1) is 0 Å². The molecule has 0 aliphatic heterocycles. The smallest absolute Gasteiger partial charge is 0.275 e. The zero-order valence-corrected chi connectivity index (χ0v) is 11.9. The molecule has 0 amide bonds. The summed E-state index contributed by atoms with van der Waals surface area (Å²) in [5.41, 5.74) is 0.352. The molecule has 0 aliphatic carbocycles. The third-order valence-electron chi connectivity index (χ3n) is 3.28. The van der Waals surface area contributed by atoms with Crippen molar-refractivity contribution in [1.82, 2.24) is 0 Å². The first-order chi connectivity index (χ1) is 10.5. The topological polar surface area (TPSA) is 89.7 Å². The van der Waals surface area contributed by atoms with Crippen LogP contribution in [-0.2, 0) is 0 Å². The van der Waals surface area contributed by atoms with E-state index in [1.165, 1.54) is 25.3 Å². The van der Waals surface area contributed by atoms with Crippen molar-refractivity contribution in [1.29, 1.82) is 0 Å². The van der Waals surface area contributed by atoms with Gasteiger partial charge in [0, 0.05) is 18.1 Å². The molecule has 22 heavy (non-hydrogen) atoms. The Bertz CT molecular complexity index is 681. The second-order valence-electron chi connectivity index (χ2n) is 4.69. The van der Waals surface area contributed by atoms with E-state index in [-0.39, 0.29) is 23.5 Å². The number of ketones is 1. The molecule has 0 radical (unpaired) electrons. The number of methoxy groups -OCH3 is 1. The predicted octanol–water partition coefficient (Wildman–Crippen LogP) is 2.91. The summed E-state index contributed by atoms with van der Waals surface area (Å²) < 4.78 is 5.01. The van der Waals surface area contributed by atoms with Crippen molar-refractivity contribution >= 4 is 11.5 Å². The molecule has 0 unspecified atom stereocenters. The van der Waals surface area contributed by atoms with Crippen LogP contribution in [0.2, 0.25) is 0 Å². The van der Waals surface area contributed by atoms with Crippen molar-refractivity contribution in [2.45, 2.75) is 12.5 Å². The molecule has 6 nitrogen and oxygen atoms in total. The molecule has 0 aromatic heterocycles. The summed E-state index contributed by atoms with van der Waals surface area (Å²) in [6, 6.07) is 12.3. The van der Waals surface area contributed by atoms with E-state index in [4.69, 9.17) is 4.74 Å². The molecular formula is C16H15NO5. The van der Waals surface area contributed by atoms with Crippen LogP contribution in [-0.4, -0.2) is 22.9 Å². The van der Waals surface area contributed by atoms with E-state index >= 15 is 0 Å². The van der Waals surface area contributed by atoms with Crippen LogP contribution in [0.4, 0.5) is 5.69 Å². The van der Waals surface area contributed by atoms with E-state index in [0.717, 1.165) is 0 Å². The number of nitrogens with zero attached hydrogens (tertiary/aromatic N) is 1. The van der Waals surface area contributed by atoms with Crippen molar-refractivity contribution in [3.8, 4) is 5.75 Å². The van der Waals surface area contributed by atoms with E-state index < -0.39 is 11.0 Å². The highest BCUT2D eigenvalue weighted by molar-refractivity contribution is 5.96. The number of para-hydroxylation sites is 1. The fourth-order valence-electron chi connectivity index (χ4n) is 2.12. The van der Waals surface area contributed by atoms with E-state index in [9.17, 15) is 20.0 Å². The molecule has 6 heteroatoms. The number of aliphatic hydroxyl groups is 1. The summed E-state index contributed by atoms with van der Waals surface area (Å²) in [5, 5.41) is 21.1. The van der Waals surface area contributed by atoms with E-state index in [1.54, 1.807) is 30.3 Å². The maximum absolute atomic E-state index is 12.1. The molecule has 0 bridgehead atoms. The Balaban J connectivity index is 2.15. The van der Waals surface area contributed by atoms with Crippen LogP contribution in [0.25, 0.3) is 0 Å². The molecule has 0 heterocycles. The third kappa shape index (κ3) is 3.48. The Labute approximate surface area is 127 Å². The normalized spacial score (nSPS) is 11.7. The standard InChI is InChI=1S/C16H15NO5/c1-22-12-8-6-11(7-9-12)15(18)10-16(19)13-4-2-3-5-14(13)17(20)21/h2-9,16,19H,10H2,1H3/t16-/m1/s1. The highest BCUT2D eigenvalue weighted by atomic mass is 16.6. The van der Waals surface area contributed by atoms with Gasteiger partial charge in [-0.05, 0) is 30.3 Å². The van der Waals surface area contributed by atoms with Crippen molar-refractivity contribution in [2.24, 2.45) is 0 Å². The Morgan fingerprint density at radius 3 is 2.45 bits per heavy atom. The van der Waals surface area contributed by atoms with Crippen LogP contribution in [0.15, 0.2) is 48.5 Å². The summed E-state index contributed by atoms with van der Waals surface area (Å²) in [6.45, 7) is 0. The lowest BCUT2D eigenvalue weighted by Crippen LogP contribution is -2.09. The number of nitro benzene ring substituents is 1. The molecule has 0 fully saturated rings. The number of nitro groups is 1. The number of aliphatic hydroxyl groups excluding tert-OH is 1. The van der Waals surface area contributed by atoms with E-state index in [1.807, 2.05) is 0 Å². The van der Waals surface area contributed by atoms with Crippen molar-refractivity contribution in [3.05, 3.63) is 69.8 Å². The Hall–Kier alpha value is -2.73. The van der Waals surface area contributed by atoms with Crippen LogP contribution >= 0.6 is 0 Å². The molecule has 2 aromatic rings. The lowest BCUT2D eigenvalue weighted by molar-refractivity contribution is -0.386. The number of carbonyl (C=O) groups is 1. The fraction of sp³-hybridized carbons (Fsp3) is 0.188. The number of hydrogen-bond acceptors (Lipinski definition) is 5. The fourth-order valence-corrected chi connectivity index (χ4v) is 2.12. The first-order valence-corrected chi connectivity index (χ1v) is 6.61. The molecular weight excluding hydrogens is 286 g/mol. The summed E-state index contributed by atoms with van der Waals surface area (Å²) >= 11 is 0. The molecule has 114 valence electrons. The molecule has 0 saturated carbocycles. The molecule has 0 aliphatic rings. The number of hydrogen-bond donors (Lipinski definition) is 1. The van der Waals surface area contributed by atoms with Crippen LogP contribution in [0.1, 0.15) is 28.4 Å². The van der Waals surface area contributed by atoms with Gasteiger partial charge in [-0.2, -0.15) is 0 Å². The highest BCUT2D eigenvalue weighted by Gasteiger charge is 2.22. The van der Waals surface area contributed by atoms with Gasteiger partial charge in [0.15, 0.2) is 5.78 Å². The summed E-state index contributed by atoms with van der Waals surface area (Å²) in [7, 11) is 1.52.